The van der Waals surface area contributed by atoms with Gasteiger partial charge in [-0.3, -0.25) is 9.69 Å². The summed E-state index contributed by atoms with van der Waals surface area (Å²) in [6, 6.07) is 17.0. The van der Waals surface area contributed by atoms with Gasteiger partial charge in [0.2, 0.25) is 5.91 Å². The zero-order valence-corrected chi connectivity index (χ0v) is 14.0. The Morgan fingerprint density at radius 3 is 2.50 bits per heavy atom. The molecule has 1 aliphatic heterocycles. The van der Waals surface area contributed by atoms with Crippen molar-refractivity contribution in [2.45, 2.75) is 18.9 Å². The van der Waals surface area contributed by atoms with Gasteiger partial charge >= 0.3 is 0 Å². The average molecular weight is 326 g/mol. The fraction of sp³-hybridized carbons (Fsp3) is 0.350. The second-order valence-electron chi connectivity index (χ2n) is 6.37. The number of carbonyl (C=O) groups excluding carboxylic acids is 1. The number of rotatable bonds is 4. The highest BCUT2D eigenvalue weighted by Crippen LogP contribution is 2.24. The maximum absolute atomic E-state index is 12.9. The number of carbonyl (C=O) groups is 1. The van der Waals surface area contributed by atoms with E-state index < -0.39 is 0 Å². The highest BCUT2D eigenvalue weighted by molar-refractivity contribution is 5.76. The fourth-order valence-corrected chi connectivity index (χ4v) is 3.20. The topological polar surface area (TPSA) is 23.6 Å². The molecule has 126 valence electrons. The molecule has 1 fully saturated rings. The lowest BCUT2D eigenvalue weighted by molar-refractivity contribution is -0.134. The predicted molar refractivity (Wildman–Crippen MR) is 93.1 cm³/mol. The second-order valence-corrected chi connectivity index (χ2v) is 6.37. The van der Waals surface area contributed by atoms with Crippen molar-refractivity contribution < 1.29 is 9.18 Å². The number of hydrogen-bond acceptors (Lipinski definition) is 2. The Balaban J connectivity index is 1.59. The van der Waals surface area contributed by atoms with E-state index in [-0.39, 0.29) is 17.8 Å². The standard InChI is InChI=1S/C20H23FN2O/c1-22-13-14-23(15-19(22)17-5-3-2-4-6-17)20(24)12-9-16-7-10-18(21)11-8-16/h2-8,10-11,19H,9,12-15H2,1H3. The molecule has 1 unspecified atom stereocenters. The van der Waals surface area contributed by atoms with Gasteiger partial charge in [-0.2, -0.15) is 0 Å². The molecule has 3 rings (SSSR count). The van der Waals surface area contributed by atoms with Crippen LogP contribution in [0.3, 0.4) is 0 Å². The lowest BCUT2D eigenvalue weighted by atomic mass is 10.0. The van der Waals surface area contributed by atoms with Crippen molar-refractivity contribution in [2.75, 3.05) is 26.7 Å². The van der Waals surface area contributed by atoms with Gasteiger partial charge in [0, 0.05) is 26.1 Å². The Morgan fingerprint density at radius 1 is 1.08 bits per heavy atom. The molecule has 1 saturated heterocycles. The molecule has 0 aromatic heterocycles. The first-order valence-electron chi connectivity index (χ1n) is 8.41. The molecule has 4 heteroatoms. The van der Waals surface area contributed by atoms with Crippen LogP contribution >= 0.6 is 0 Å². The largest absolute Gasteiger partial charge is 0.339 e. The van der Waals surface area contributed by atoms with Gasteiger partial charge in [-0.25, -0.2) is 4.39 Å². The van der Waals surface area contributed by atoms with Crippen LogP contribution in [0.5, 0.6) is 0 Å². The van der Waals surface area contributed by atoms with Crippen LogP contribution < -0.4 is 0 Å². The lowest BCUT2D eigenvalue weighted by Crippen LogP contribution is -2.49. The van der Waals surface area contributed by atoms with Gasteiger partial charge in [-0.1, -0.05) is 42.5 Å². The molecule has 0 bridgehead atoms. The number of benzene rings is 2. The number of nitrogens with zero attached hydrogens (tertiary/aromatic N) is 2. The van der Waals surface area contributed by atoms with Gasteiger partial charge in [0.1, 0.15) is 5.82 Å². The fourth-order valence-electron chi connectivity index (χ4n) is 3.20. The smallest absolute Gasteiger partial charge is 0.223 e. The van der Waals surface area contributed by atoms with E-state index in [9.17, 15) is 9.18 Å². The number of likely N-dealkylation sites (N-methyl/N-ethyl adjacent to an activating group) is 1. The molecular weight excluding hydrogens is 303 g/mol. The van der Waals surface area contributed by atoms with Crippen molar-refractivity contribution in [2.24, 2.45) is 0 Å². The molecule has 0 aliphatic carbocycles. The normalized spacial score (nSPS) is 18.6. The molecule has 2 aromatic carbocycles. The molecule has 0 radical (unpaired) electrons. The third-order valence-electron chi connectivity index (χ3n) is 4.73. The summed E-state index contributed by atoms with van der Waals surface area (Å²) in [6.07, 6.45) is 1.12. The van der Waals surface area contributed by atoms with Gasteiger partial charge in [0.15, 0.2) is 0 Å². The quantitative estimate of drug-likeness (QED) is 0.861. The number of amides is 1. The van der Waals surface area contributed by atoms with E-state index in [2.05, 4.69) is 24.1 Å². The van der Waals surface area contributed by atoms with Crippen LogP contribution in [0.1, 0.15) is 23.6 Å². The molecule has 0 saturated carbocycles. The summed E-state index contributed by atoms with van der Waals surface area (Å²) in [7, 11) is 2.11. The summed E-state index contributed by atoms with van der Waals surface area (Å²) in [5, 5.41) is 0. The monoisotopic (exact) mass is 326 g/mol. The van der Waals surface area contributed by atoms with Crippen molar-refractivity contribution in [1.82, 2.24) is 9.80 Å². The highest BCUT2D eigenvalue weighted by Gasteiger charge is 2.27. The molecule has 0 N–H and O–H groups in total. The molecule has 1 aliphatic rings. The summed E-state index contributed by atoms with van der Waals surface area (Å²) in [4.78, 5) is 16.8. The van der Waals surface area contributed by atoms with Crippen molar-refractivity contribution in [3.8, 4) is 0 Å². The Bertz CT molecular complexity index is 672. The Kier molecular flexibility index (Phi) is 5.26. The van der Waals surface area contributed by atoms with Crippen molar-refractivity contribution in [1.29, 1.82) is 0 Å². The second kappa shape index (κ2) is 7.58. The van der Waals surface area contributed by atoms with Gasteiger partial charge < -0.3 is 4.90 Å². The zero-order chi connectivity index (χ0) is 16.9. The summed E-state index contributed by atoms with van der Waals surface area (Å²) in [5.74, 6) is -0.0665. The summed E-state index contributed by atoms with van der Waals surface area (Å²) in [6.45, 7) is 2.37. The Morgan fingerprint density at radius 2 is 1.79 bits per heavy atom. The van der Waals surface area contributed by atoms with E-state index in [4.69, 9.17) is 0 Å². The highest BCUT2D eigenvalue weighted by atomic mass is 19.1. The van der Waals surface area contributed by atoms with Gasteiger partial charge in [0.05, 0.1) is 6.04 Å². The first-order chi connectivity index (χ1) is 11.6. The predicted octanol–water partition coefficient (Wildman–Crippen LogP) is 3.27. The molecular formula is C20H23FN2O. The molecule has 2 aromatic rings. The molecule has 1 atom stereocenters. The lowest BCUT2D eigenvalue weighted by Gasteiger charge is -2.39. The maximum atomic E-state index is 12.9. The van der Waals surface area contributed by atoms with E-state index in [1.807, 2.05) is 23.1 Å². The van der Waals surface area contributed by atoms with Crippen LogP contribution in [0.4, 0.5) is 4.39 Å². The SMILES string of the molecule is CN1CCN(C(=O)CCc2ccc(F)cc2)CC1c1ccccc1. The van der Waals surface area contributed by atoms with Gasteiger partial charge in [-0.05, 0) is 36.7 Å². The molecule has 1 amide bonds. The number of halogens is 1. The minimum absolute atomic E-state index is 0.174. The van der Waals surface area contributed by atoms with E-state index >= 15 is 0 Å². The first kappa shape index (κ1) is 16.7. The summed E-state index contributed by atoms with van der Waals surface area (Å²) in [5.41, 5.74) is 2.24. The molecule has 24 heavy (non-hydrogen) atoms. The van der Waals surface area contributed by atoms with E-state index in [0.717, 1.165) is 25.2 Å². The van der Waals surface area contributed by atoms with Crippen LogP contribution in [0.15, 0.2) is 54.6 Å². The van der Waals surface area contributed by atoms with E-state index in [1.165, 1.54) is 17.7 Å². The third-order valence-corrected chi connectivity index (χ3v) is 4.73. The summed E-state index contributed by atoms with van der Waals surface area (Å²) >= 11 is 0. The van der Waals surface area contributed by atoms with Gasteiger partial charge in [0.25, 0.3) is 0 Å². The van der Waals surface area contributed by atoms with Crippen molar-refractivity contribution >= 4 is 5.91 Å². The summed E-state index contributed by atoms with van der Waals surface area (Å²) < 4.78 is 12.9. The van der Waals surface area contributed by atoms with Gasteiger partial charge in [-0.15, -0.1) is 0 Å². The van der Waals surface area contributed by atoms with Crippen molar-refractivity contribution in [3.05, 3.63) is 71.5 Å². The van der Waals surface area contributed by atoms with Crippen LogP contribution in [-0.4, -0.2) is 42.4 Å². The molecule has 3 nitrogen and oxygen atoms in total. The minimum Gasteiger partial charge on any atom is -0.339 e. The number of hydrogen-bond donors (Lipinski definition) is 0. The third kappa shape index (κ3) is 4.01. The Hall–Kier alpha value is -2.20. The van der Waals surface area contributed by atoms with Crippen LogP contribution in [0.25, 0.3) is 0 Å². The average Bonchev–Trinajstić information content (AvgIpc) is 2.62. The molecule has 1 heterocycles. The molecule has 0 spiro atoms. The van der Waals surface area contributed by atoms with E-state index in [0.29, 0.717) is 12.8 Å². The first-order valence-corrected chi connectivity index (χ1v) is 8.41. The van der Waals surface area contributed by atoms with E-state index in [1.54, 1.807) is 12.1 Å². The van der Waals surface area contributed by atoms with Crippen LogP contribution in [0, 0.1) is 5.82 Å². The van der Waals surface area contributed by atoms with Crippen LogP contribution in [-0.2, 0) is 11.2 Å². The minimum atomic E-state index is -0.241. The maximum Gasteiger partial charge on any atom is 0.223 e. The Labute approximate surface area is 142 Å². The zero-order valence-electron chi connectivity index (χ0n) is 14.0. The van der Waals surface area contributed by atoms with Crippen molar-refractivity contribution in [3.63, 3.8) is 0 Å². The van der Waals surface area contributed by atoms with Crippen LogP contribution in [0.2, 0.25) is 0 Å². The number of piperazine rings is 1. The number of aryl methyl sites for hydroxylation is 1.